The molecular weight excluding hydrogens is 439 g/mol. The van der Waals surface area contributed by atoms with Crippen LogP contribution in [0.5, 0.6) is 5.75 Å². The number of hydrogen-bond donors (Lipinski definition) is 3. The molecule has 1 fully saturated rings. The number of benzene rings is 1. The van der Waals surface area contributed by atoms with E-state index < -0.39 is 12.1 Å². The van der Waals surface area contributed by atoms with Gasteiger partial charge in [-0.05, 0) is 47.5 Å². The van der Waals surface area contributed by atoms with Crippen molar-refractivity contribution in [3.05, 3.63) is 66.7 Å². The maximum atomic E-state index is 10.6. The molecule has 0 unspecified atom stereocenters. The molecule has 1 aromatic carbocycles. The fraction of sp³-hybridized carbons (Fsp3) is 0.182. The first-order valence-corrected chi connectivity index (χ1v) is 9.83. The molecule has 5 rings (SSSR count). The van der Waals surface area contributed by atoms with Gasteiger partial charge in [0.05, 0.1) is 11.4 Å². The van der Waals surface area contributed by atoms with Crippen molar-refractivity contribution in [1.82, 2.24) is 24.9 Å². The highest BCUT2D eigenvalue weighted by Crippen LogP contribution is 2.32. The topological polar surface area (TPSA) is 113 Å². The molecule has 1 aliphatic heterocycles. The number of carboxylic acid groups (broad SMARTS) is 1. The highest BCUT2D eigenvalue weighted by atomic mass is 19.4. The van der Waals surface area contributed by atoms with Gasteiger partial charge in [-0.3, -0.25) is 0 Å². The predicted octanol–water partition coefficient (Wildman–Crippen LogP) is 3.48. The fourth-order valence-corrected chi connectivity index (χ4v) is 3.22. The first-order chi connectivity index (χ1) is 15.7. The molecular formula is C22H18F3N5O3. The van der Waals surface area contributed by atoms with Gasteiger partial charge in [0.1, 0.15) is 11.4 Å². The Kier molecular flexibility index (Phi) is 5.97. The van der Waals surface area contributed by atoms with Gasteiger partial charge in [0, 0.05) is 43.2 Å². The lowest BCUT2D eigenvalue weighted by Gasteiger charge is -2.25. The summed E-state index contributed by atoms with van der Waals surface area (Å²) in [4.78, 5) is 13.1. The molecule has 33 heavy (non-hydrogen) atoms. The number of nitrogens with one attached hydrogen (secondary N) is 1. The van der Waals surface area contributed by atoms with Gasteiger partial charge in [-0.2, -0.15) is 23.4 Å². The number of aromatic hydroxyl groups is 1. The minimum atomic E-state index is -5.08. The second-order valence-electron chi connectivity index (χ2n) is 7.34. The number of alkyl halides is 3. The standard InChI is InChI=1S/C20H17N5O.C2HF3O2/c26-19-9-13(14-2-6-20-22-7-8-25(20)12-14)1-3-16(19)18-5-4-17(23-24-18)15-10-21-11-15;3-2(4,5)1(6)7/h1-9,12,15,21,26H,10-11H2;(H,6,7). The molecule has 0 aliphatic carbocycles. The molecule has 1 aliphatic rings. The third-order valence-corrected chi connectivity index (χ3v) is 5.12. The van der Waals surface area contributed by atoms with Gasteiger partial charge < -0.3 is 19.9 Å². The molecule has 0 saturated carbocycles. The number of pyridine rings is 1. The lowest BCUT2D eigenvalue weighted by molar-refractivity contribution is -0.192. The number of phenols is 1. The summed E-state index contributed by atoms with van der Waals surface area (Å²) in [5.41, 5.74) is 5.20. The van der Waals surface area contributed by atoms with Crippen LogP contribution >= 0.6 is 0 Å². The number of rotatable bonds is 3. The number of fused-ring (bicyclic) bond motifs is 1. The number of carbonyl (C=O) groups is 1. The average Bonchev–Trinajstić information content (AvgIpc) is 3.21. The molecule has 0 spiro atoms. The van der Waals surface area contributed by atoms with Crippen LogP contribution in [0.25, 0.3) is 28.0 Å². The molecule has 0 atom stereocenters. The number of imidazole rings is 1. The van der Waals surface area contributed by atoms with E-state index in [4.69, 9.17) is 9.90 Å². The number of carboxylic acids is 1. The number of nitrogens with zero attached hydrogens (tertiary/aromatic N) is 4. The van der Waals surface area contributed by atoms with Gasteiger partial charge >= 0.3 is 12.1 Å². The SMILES string of the molecule is O=C(O)C(F)(F)F.Oc1cc(-c2ccc3nccn3c2)ccc1-c1ccc(C2CNC2)nn1. The van der Waals surface area contributed by atoms with E-state index in [0.29, 0.717) is 17.2 Å². The van der Waals surface area contributed by atoms with Crippen LogP contribution in [0.2, 0.25) is 0 Å². The Morgan fingerprint density at radius 3 is 2.36 bits per heavy atom. The van der Waals surface area contributed by atoms with E-state index in [0.717, 1.165) is 35.6 Å². The highest BCUT2D eigenvalue weighted by molar-refractivity contribution is 5.74. The van der Waals surface area contributed by atoms with Crippen LogP contribution in [-0.2, 0) is 4.79 Å². The monoisotopic (exact) mass is 457 g/mol. The minimum absolute atomic E-state index is 0.195. The number of aliphatic carboxylic acids is 1. The van der Waals surface area contributed by atoms with Crippen LogP contribution in [0, 0.1) is 0 Å². The third kappa shape index (κ3) is 4.93. The summed E-state index contributed by atoms with van der Waals surface area (Å²) >= 11 is 0. The Balaban J connectivity index is 0.000000325. The van der Waals surface area contributed by atoms with E-state index in [1.165, 1.54) is 0 Å². The van der Waals surface area contributed by atoms with Crippen molar-refractivity contribution in [1.29, 1.82) is 0 Å². The molecule has 4 heterocycles. The van der Waals surface area contributed by atoms with Crippen molar-refractivity contribution in [2.75, 3.05) is 13.1 Å². The number of halogens is 3. The smallest absolute Gasteiger partial charge is 0.490 e. The van der Waals surface area contributed by atoms with Crippen molar-refractivity contribution in [3.63, 3.8) is 0 Å². The highest BCUT2D eigenvalue weighted by Gasteiger charge is 2.38. The Hall–Kier alpha value is -3.99. The quantitative estimate of drug-likeness (QED) is 0.432. The molecule has 0 amide bonds. The normalized spacial score (nSPS) is 13.8. The van der Waals surface area contributed by atoms with Gasteiger partial charge in [-0.1, -0.05) is 6.07 Å². The molecule has 3 aromatic heterocycles. The molecule has 3 N–H and O–H groups in total. The predicted molar refractivity (Wildman–Crippen MR) is 113 cm³/mol. The zero-order valence-corrected chi connectivity index (χ0v) is 17.0. The fourth-order valence-electron chi connectivity index (χ4n) is 3.22. The van der Waals surface area contributed by atoms with Crippen molar-refractivity contribution in [2.45, 2.75) is 12.1 Å². The molecule has 170 valence electrons. The summed E-state index contributed by atoms with van der Waals surface area (Å²) in [7, 11) is 0. The Bertz CT molecular complexity index is 1280. The number of phenolic OH excluding ortho intramolecular Hbond substituents is 1. The van der Waals surface area contributed by atoms with E-state index in [-0.39, 0.29) is 5.75 Å². The van der Waals surface area contributed by atoms with Crippen LogP contribution in [0.15, 0.2) is 61.1 Å². The van der Waals surface area contributed by atoms with Gasteiger partial charge in [-0.25, -0.2) is 9.78 Å². The Morgan fingerprint density at radius 1 is 1.06 bits per heavy atom. The summed E-state index contributed by atoms with van der Waals surface area (Å²) in [6.07, 6.45) is 0.585. The summed E-state index contributed by atoms with van der Waals surface area (Å²) in [5, 5.41) is 29.5. The van der Waals surface area contributed by atoms with Crippen LogP contribution in [0.3, 0.4) is 0 Å². The van der Waals surface area contributed by atoms with Crippen LogP contribution < -0.4 is 5.32 Å². The molecule has 8 nitrogen and oxygen atoms in total. The lowest BCUT2D eigenvalue weighted by atomic mass is 9.98. The van der Waals surface area contributed by atoms with Gasteiger partial charge in [0.15, 0.2) is 0 Å². The maximum absolute atomic E-state index is 10.6. The minimum Gasteiger partial charge on any atom is -0.507 e. The van der Waals surface area contributed by atoms with Crippen molar-refractivity contribution in [2.24, 2.45) is 0 Å². The largest absolute Gasteiger partial charge is 0.507 e. The van der Waals surface area contributed by atoms with Gasteiger partial charge in [0.25, 0.3) is 0 Å². The first-order valence-electron chi connectivity index (χ1n) is 9.83. The number of aromatic nitrogens is 4. The molecule has 1 saturated heterocycles. The van der Waals surface area contributed by atoms with E-state index >= 15 is 0 Å². The summed E-state index contributed by atoms with van der Waals surface area (Å²) < 4.78 is 33.7. The second kappa shape index (κ2) is 8.87. The average molecular weight is 457 g/mol. The second-order valence-corrected chi connectivity index (χ2v) is 7.34. The van der Waals surface area contributed by atoms with Crippen molar-refractivity contribution in [3.8, 4) is 28.1 Å². The zero-order valence-electron chi connectivity index (χ0n) is 17.0. The lowest BCUT2D eigenvalue weighted by Crippen LogP contribution is -2.40. The van der Waals surface area contributed by atoms with Crippen molar-refractivity contribution < 1.29 is 28.2 Å². The van der Waals surface area contributed by atoms with Gasteiger partial charge in [0.2, 0.25) is 0 Å². The number of hydrogen-bond acceptors (Lipinski definition) is 6. The van der Waals surface area contributed by atoms with E-state index in [1.54, 1.807) is 12.3 Å². The van der Waals surface area contributed by atoms with Crippen LogP contribution in [0.4, 0.5) is 13.2 Å². The van der Waals surface area contributed by atoms with E-state index in [1.807, 2.05) is 53.2 Å². The summed E-state index contributed by atoms with van der Waals surface area (Å²) in [5.74, 6) is -2.11. The first kappa shape index (κ1) is 22.2. The molecule has 4 aromatic rings. The molecule has 0 radical (unpaired) electrons. The third-order valence-electron chi connectivity index (χ3n) is 5.12. The maximum Gasteiger partial charge on any atom is 0.490 e. The van der Waals surface area contributed by atoms with Crippen LogP contribution in [0.1, 0.15) is 11.6 Å². The van der Waals surface area contributed by atoms with Crippen molar-refractivity contribution >= 4 is 11.6 Å². The zero-order chi connectivity index (χ0) is 23.6. The van der Waals surface area contributed by atoms with Gasteiger partial charge in [-0.15, -0.1) is 0 Å². The Labute approximate surface area is 185 Å². The van der Waals surface area contributed by atoms with E-state index in [9.17, 15) is 18.3 Å². The Morgan fingerprint density at radius 2 is 1.79 bits per heavy atom. The summed E-state index contributed by atoms with van der Waals surface area (Å²) in [6.45, 7) is 1.91. The molecule has 0 bridgehead atoms. The molecule has 11 heteroatoms. The van der Waals surface area contributed by atoms with E-state index in [2.05, 4.69) is 20.5 Å². The summed E-state index contributed by atoms with van der Waals surface area (Å²) in [6, 6.07) is 13.5. The van der Waals surface area contributed by atoms with Crippen LogP contribution in [-0.4, -0.2) is 55.0 Å².